The highest BCUT2D eigenvalue weighted by Crippen LogP contribution is 2.25. The van der Waals surface area contributed by atoms with Crippen LogP contribution in [0.2, 0.25) is 0 Å². The standard InChI is InChI=1S/C19H16N2O4/c22-16-11-14-9-5-4-8-13(14)10-15(16)18(23)20-17(21-19(24)25)12-6-2-1-3-7-12/h1-11,17,21-22H,(H,20,23)(H,24,25). The van der Waals surface area contributed by atoms with Crippen LogP contribution < -0.4 is 10.6 Å². The number of nitrogens with one attached hydrogen (secondary N) is 2. The highest BCUT2D eigenvalue weighted by molar-refractivity contribution is 6.01. The van der Waals surface area contributed by atoms with Crippen molar-refractivity contribution in [2.45, 2.75) is 6.17 Å². The van der Waals surface area contributed by atoms with Crippen LogP contribution in [0.25, 0.3) is 10.8 Å². The maximum Gasteiger partial charge on any atom is 0.406 e. The van der Waals surface area contributed by atoms with Crippen LogP contribution >= 0.6 is 0 Å². The molecule has 6 nitrogen and oxygen atoms in total. The minimum atomic E-state index is -1.27. The van der Waals surface area contributed by atoms with Crippen LogP contribution in [0.15, 0.2) is 66.7 Å². The average Bonchev–Trinajstić information content (AvgIpc) is 2.61. The highest BCUT2D eigenvalue weighted by atomic mass is 16.4. The van der Waals surface area contributed by atoms with Gasteiger partial charge in [-0.2, -0.15) is 0 Å². The second kappa shape index (κ2) is 6.92. The molecule has 4 N–H and O–H groups in total. The van der Waals surface area contributed by atoms with E-state index in [0.717, 1.165) is 10.8 Å². The van der Waals surface area contributed by atoms with E-state index in [1.807, 2.05) is 24.3 Å². The Morgan fingerprint density at radius 1 is 0.840 bits per heavy atom. The summed E-state index contributed by atoms with van der Waals surface area (Å²) in [5.74, 6) is -0.746. The number of phenolic OH excluding ortho intramolecular Hbond substituents is 1. The molecule has 0 bridgehead atoms. The van der Waals surface area contributed by atoms with Gasteiger partial charge in [0.25, 0.3) is 5.91 Å². The summed E-state index contributed by atoms with van der Waals surface area (Å²) in [4.78, 5) is 23.6. The SMILES string of the molecule is O=C(O)NC(NC(=O)c1cc2ccccc2cc1O)c1ccccc1. The molecule has 0 aliphatic rings. The molecule has 6 heteroatoms. The highest BCUT2D eigenvalue weighted by Gasteiger charge is 2.19. The first-order valence-corrected chi connectivity index (χ1v) is 7.61. The number of benzene rings is 3. The van der Waals surface area contributed by atoms with Crippen LogP contribution in [0.5, 0.6) is 5.75 Å². The molecule has 1 atom stereocenters. The molecule has 0 aliphatic carbocycles. The fourth-order valence-corrected chi connectivity index (χ4v) is 2.59. The Bertz CT molecular complexity index is 925. The van der Waals surface area contributed by atoms with Crippen LogP contribution in [-0.4, -0.2) is 22.2 Å². The topological polar surface area (TPSA) is 98.7 Å². The molecule has 0 spiro atoms. The summed E-state index contributed by atoms with van der Waals surface area (Å²) in [6, 6.07) is 19.1. The lowest BCUT2D eigenvalue weighted by molar-refractivity contribution is 0.0926. The van der Waals surface area contributed by atoms with E-state index in [9.17, 15) is 14.7 Å². The molecule has 1 unspecified atom stereocenters. The van der Waals surface area contributed by atoms with Gasteiger partial charge in [0.15, 0.2) is 0 Å². The number of fused-ring (bicyclic) bond motifs is 1. The Kier molecular flexibility index (Phi) is 4.52. The monoisotopic (exact) mass is 336 g/mol. The second-order valence-corrected chi connectivity index (χ2v) is 5.48. The third-order valence-corrected chi connectivity index (χ3v) is 3.78. The van der Waals surface area contributed by atoms with Crippen LogP contribution in [0, 0.1) is 0 Å². The van der Waals surface area contributed by atoms with E-state index in [2.05, 4.69) is 10.6 Å². The number of aromatic hydroxyl groups is 1. The Balaban J connectivity index is 1.91. The third-order valence-electron chi connectivity index (χ3n) is 3.78. The van der Waals surface area contributed by atoms with E-state index < -0.39 is 18.2 Å². The predicted octanol–water partition coefficient (Wildman–Crippen LogP) is 3.24. The largest absolute Gasteiger partial charge is 0.507 e. The van der Waals surface area contributed by atoms with Crippen LogP contribution in [-0.2, 0) is 0 Å². The normalized spacial score (nSPS) is 11.7. The number of carbonyl (C=O) groups is 2. The van der Waals surface area contributed by atoms with Gasteiger partial charge in [-0.25, -0.2) is 4.79 Å². The lowest BCUT2D eigenvalue weighted by Crippen LogP contribution is -2.40. The van der Waals surface area contributed by atoms with Crippen molar-refractivity contribution in [1.29, 1.82) is 0 Å². The number of hydrogen-bond acceptors (Lipinski definition) is 3. The fraction of sp³-hybridized carbons (Fsp3) is 0.0526. The van der Waals surface area contributed by atoms with Gasteiger partial charge in [-0.15, -0.1) is 0 Å². The molecular formula is C19H16N2O4. The van der Waals surface area contributed by atoms with Gasteiger partial charge in [-0.05, 0) is 28.5 Å². The summed E-state index contributed by atoms with van der Waals surface area (Å²) in [6.45, 7) is 0. The lowest BCUT2D eigenvalue weighted by atomic mass is 10.0. The van der Waals surface area contributed by atoms with Crippen molar-refractivity contribution in [3.05, 3.63) is 77.9 Å². The van der Waals surface area contributed by atoms with E-state index in [4.69, 9.17) is 5.11 Å². The van der Waals surface area contributed by atoms with E-state index in [1.165, 1.54) is 6.07 Å². The number of carboxylic acid groups (broad SMARTS) is 1. The number of hydrogen-bond donors (Lipinski definition) is 4. The summed E-state index contributed by atoms with van der Waals surface area (Å²) in [6.07, 6.45) is -2.20. The number of rotatable bonds is 4. The zero-order valence-corrected chi connectivity index (χ0v) is 13.1. The zero-order valence-electron chi connectivity index (χ0n) is 13.1. The molecule has 2 amide bonds. The summed E-state index contributed by atoms with van der Waals surface area (Å²) in [5, 5.41) is 25.6. The molecule has 0 aromatic heterocycles. The minimum absolute atomic E-state index is 0.0758. The molecule has 0 heterocycles. The molecule has 3 rings (SSSR count). The van der Waals surface area contributed by atoms with E-state index in [1.54, 1.807) is 36.4 Å². The summed E-state index contributed by atoms with van der Waals surface area (Å²) >= 11 is 0. The summed E-state index contributed by atoms with van der Waals surface area (Å²) in [5.41, 5.74) is 0.658. The van der Waals surface area contributed by atoms with Gasteiger partial charge in [-0.1, -0.05) is 54.6 Å². The van der Waals surface area contributed by atoms with Crippen molar-refractivity contribution >= 4 is 22.8 Å². The van der Waals surface area contributed by atoms with Gasteiger partial charge in [0.1, 0.15) is 11.9 Å². The first-order valence-electron chi connectivity index (χ1n) is 7.61. The molecule has 3 aromatic carbocycles. The first-order chi connectivity index (χ1) is 12.0. The Hall–Kier alpha value is -3.54. The molecule has 0 saturated carbocycles. The zero-order chi connectivity index (χ0) is 17.8. The van der Waals surface area contributed by atoms with Crippen molar-refractivity contribution in [3.8, 4) is 5.75 Å². The number of phenols is 1. The van der Waals surface area contributed by atoms with Crippen LogP contribution in [0.4, 0.5) is 4.79 Å². The molecule has 0 radical (unpaired) electrons. The van der Waals surface area contributed by atoms with Crippen molar-refractivity contribution in [1.82, 2.24) is 10.6 Å². The third kappa shape index (κ3) is 3.69. The van der Waals surface area contributed by atoms with Gasteiger partial charge in [0.2, 0.25) is 0 Å². The Morgan fingerprint density at radius 3 is 2.08 bits per heavy atom. The maximum atomic E-state index is 12.6. The van der Waals surface area contributed by atoms with Crippen LogP contribution in [0.1, 0.15) is 22.1 Å². The van der Waals surface area contributed by atoms with Crippen molar-refractivity contribution in [2.75, 3.05) is 0 Å². The van der Waals surface area contributed by atoms with Gasteiger partial charge in [0, 0.05) is 0 Å². The maximum absolute atomic E-state index is 12.6. The van der Waals surface area contributed by atoms with Crippen molar-refractivity contribution < 1.29 is 19.8 Å². The number of amides is 2. The Labute approximate surface area is 143 Å². The number of carbonyl (C=O) groups excluding carboxylic acids is 1. The molecule has 0 fully saturated rings. The molecular weight excluding hydrogens is 320 g/mol. The molecule has 3 aromatic rings. The molecule has 0 aliphatic heterocycles. The minimum Gasteiger partial charge on any atom is -0.507 e. The van der Waals surface area contributed by atoms with Gasteiger partial charge >= 0.3 is 6.09 Å². The van der Waals surface area contributed by atoms with Gasteiger partial charge in [0.05, 0.1) is 5.56 Å². The van der Waals surface area contributed by atoms with E-state index >= 15 is 0 Å². The molecule has 25 heavy (non-hydrogen) atoms. The average molecular weight is 336 g/mol. The predicted molar refractivity (Wildman–Crippen MR) is 93.4 cm³/mol. The van der Waals surface area contributed by atoms with Gasteiger partial charge < -0.3 is 15.5 Å². The van der Waals surface area contributed by atoms with Crippen LogP contribution in [0.3, 0.4) is 0 Å². The Morgan fingerprint density at radius 2 is 1.44 bits per heavy atom. The molecule has 126 valence electrons. The van der Waals surface area contributed by atoms with Crippen molar-refractivity contribution in [3.63, 3.8) is 0 Å². The van der Waals surface area contributed by atoms with Crippen molar-refractivity contribution in [2.24, 2.45) is 0 Å². The van der Waals surface area contributed by atoms with E-state index in [0.29, 0.717) is 5.56 Å². The molecule has 0 saturated heterocycles. The first kappa shape index (κ1) is 16.3. The smallest absolute Gasteiger partial charge is 0.406 e. The van der Waals surface area contributed by atoms with Gasteiger partial charge in [-0.3, -0.25) is 10.1 Å². The fourth-order valence-electron chi connectivity index (χ4n) is 2.59. The second-order valence-electron chi connectivity index (χ2n) is 5.48. The summed E-state index contributed by atoms with van der Waals surface area (Å²) < 4.78 is 0. The lowest BCUT2D eigenvalue weighted by Gasteiger charge is -2.19. The summed E-state index contributed by atoms with van der Waals surface area (Å²) in [7, 11) is 0. The quantitative estimate of drug-likeness (QED) is 0.550. The van der Waals surface area contributed by atoms with E-state index in [-0.39, 0.29) is 11.3 Å².